The normalized spacial score (nSPS) is 10.9. The lowest BCUT2D eigenvalue weighted by Gasteiger charge is -2.13. The number of carbonyl (C=O) groups is 2. The number of rotatable bonds is 5. The second-order valence-corrected chi connectivity index (χ2v) is 4.00. The van der Waals surface area contributed by atoms with Crippen LogP contribution in [-0.2, 0) is 22.3 Å². The van der Waals surface area contributed by atoms with Crippen molar-refractivity contribution in [2.45, 2.75) is 19.6 Å². The molecule has 116 valence electrons. The van der Waals surface area contributed by atoms with Crippen molar-refractivity contribution in [3.8, 4) is 0 Å². The number of halogens is 3. The van der Waals surface area contributed by atoms with Gasteiger partial charge < -0.3 is 15.4 Å². The van der Waals surface area contributed by atoms with E-state index in [1.807, 2.05) is 0 Å². The standard InChI is InChI=1S/C13H15F3N2O3/c1-2-21-11(19)8-18-12(20)17-7-9-5-3-4-6-10(9)13(14,15)16/h3-6H,2,7-8H2,1H3,(H2,17,18,20). The van der Waals surface area contributed by atoms with Gasteiger partial charge >= 0.3 is 18.2 Å². The fourth-order valence-corrected chi connectivity index (χ4v) is 1.55. The van der Waals surface area contributed by atoms with Crippen LogP contribution in [-0.4, -0.2) is 25.2 Å². The average Bonchev–Trinajstić information content (AvgIpc) is 2.42. The molecular weight excluding hydrogens is 289 g/mol. The molecule has 0 aliphatic heterocycles. The first-order chi connectivity index (χ1) is 9.84. The van der Waals surface area contributed by atoms with E-state index in [4.69, 9.17) is 0 Å². The monoisotopic (exact) mass is 304 g/mol. The summed E-state index contributed by atoms with van der Waals surface area (Å²) >= 11 is 0. The van der Waals surface area contributed by atoms with Crippen molar-refractivity contribution >= 4 is 12.0 Å². The van der Waals surface area contributed by atoms with Gasteiger partial charge in [-0.05, 0) is 18.6 Å². The molecule has 0 atom stereocenters. The van der Waals surface area contributed by atoms with Crippen LogP contribution in [0.3, 0.4) is 0 Å². The number of carbonyl (C=O) groups excluding carboxylic acids is 2. The molecule has 0 saturated heterocycles. The third kappa shape index (κ3) is 5.72. The molecule has 0 heterocycles. The van der Waals surface area contributed by atoms with E-state index in [9.17, 15) is 22.8 Å². The first-order valence-corrected chi connectivity index (χ1v) is 6.17. The van der Waals surface area contributed by atoms with E-state index in [-0.39, 0.29) is 25.3 Å². The topological polar surface area (TPSA) is 67.4 Å². The Kier molecular flexibility index (Phi) is 6.01. The summed E-state index contributed by atoms with van der Waals surface area (Å²) in [5.74, 6) is -0.622. The van der Waals surface area contributed by atoms with Crippen molar-refractivity contribution in [1.82, 2.24) is 10.6 Å². The summed E-state index contributed by atoms with van der Waals surface area (Å²) < 4.78 is 42.8. The van der Waals surface area contributed by atoms with Crippen LogP contribution in [0.15, 0.2) is 24.3 Å². The SMILES string of the molecule is CCOC(=O)CNC(=O)NCc1ccccc1C(F)(F)F. The molecule has 0 aliphatic rings. The highest BCUT2D eigenvalue weighted by Gasteiger charge is 2.32. The van der Waals surface area contributed by atoms with E-state index in [1.165, 1.54) is 18.2 Å². The van der Waals surface area contributed by atoms with Gasteiger partial charge in [-0.25, -0.2) is 4.79 Å². The van der Waals surface area contributed by atoms with Crippen molar-refractivity contribution in [2.75, 3.05) is 13.2 Å². The van der Waals surface area contributed by atoms with Gasteiger partial charge in [0.05, 0.1) is 12.2 Å². The van der Waals surface area contributed by atoms with Crippen LogP contribution in [0.4, 0.5) is 18.0 Å². The van der Waals surface area contributed by atoms with Crippen molar-refractivity contribution < 1.29 is 27.5 Å². The molecule has 0 fully saturated rings. The fraction of sp³-hybridized carbons (Fsp3) is 0.385. The van der Waals surface area contributed by atoms with Gasteiger partial charge in [-0.15, -0.1) is 0 Å². The molecule has 8 heteroatoms. The van der Waals surface area contributed by atoms with Crippen LogP contribution in [0.25, 0.3) is 0 Å². The smallest absolute Gasteiger partial charge is 0.416 e. The van der Waals surface area contributed by atoms with Crippen LogP contribution in [0.5, 0.6) is 0 Å². The lowest BCUT2D eigenvalue weighted by atomic mass is 10.1. The average molecular weight is 304 g/mol. The van der Waals surface area contributed by atoms with Gasteiger partial charge in [0.15, 0.2) is 0 Å². The number of hydrogen-bond donors (Lipinski definition) is 2. The summed E-state index contributed by atoms with van der Waals surface area (Å²) in [5, 5.41) is 4.44. The molecule has 1 rings (SSSR count). The number of hydrogen-bond acceptors (Lipinski definition) is 3. The summed E-state index contributed by atoms with van der Waals surface area (Å²) in [6, 6.07) is 4.18. The summed E-state index contributed by atoms with van der Waals surface area (Å²) in [6.07, 6.45) is -4.49. The van der Waals surface area contributed by atoms with Crippen molar-refractivity contribution in [2.24, 2.45) is 0 Å². The zero-order valence-electron chi connectivity index (χ0n) is 11.3. The van der Waals surface area contributed by atoms with E-state index in [2.05, 4.69) is 15.4 Å². The largest absolute Gasteiger partial charge is 0.465 e. The first-order valence-electron chi connectivity index (χ1n) is 6.17. The molecule has 21 heavy (non-hydrogen) atoms. The zero-order chi connectivity index (χ0) is 15.9. The molecular formula is C13H15F3N2O3. The lowest BCUT2D eigenvalue weighted by Crippen LogP contribution is -2.38. The molecule has 2 amide bonds. The quantitative estimate of drug-likeness (QED) is 0.818. The van der Waals surface area contributed by atoms with Crippen LogP contribution >= 0.6 is 0 Å². The second-order valence-electron chi connectivity index (χ2n) is 4.00. The Bertz CT molecular complexity index is 504. The number of amides is 2. The third-order valence-electron chi connectivity index (χ3n) is 2.46. The highest BCUT2D eigenvalue weighted by molar-refractivity contribution is 5.80. The number of ether oxygens (including phenoxy) is 1. The summed E-state index contributed by atoms with van der Waals surface area (Å²) in [5.41, 5.74) is -0.869. The van der Waals surface area contributed by atoms with E-state index < -0.39 is 23.7 Å². The minimum Gasteiger partial charge on any atom is -0.465 e. The molecule has 0 radical (unpaired) electrons. The van der Waals surface area contributed by atoms with Crippen molar-refractivity contribution in [1.29, 1.82) is 0 Å². The summed E-state index contributed by atoms with van der Waals surface area (Å²) in [6.45, 7) is 1.15. The predicted octanol–water partition coefficient (Wildman–Crippen LogP) is 2.07. The van der Waals surface area contributed by atoms with E-state index in [1.54, 1.807) is 6.92 Å². The van der Waals surface area contributed by atoms with Gasteiger partial charge in [-0.2, -0.15) is 13.2 Å². The molecule has 0 spiro atoms. The second kappa shape index (κ2) is 7.51. The molecule has 0 bridgehead atoms. The number of urea groups is 1. The Balaban J connectivity index is 2.52. The molecule has 0 unspecified atom stereocenters. The Morgan fingerprint density at radius 3 is 2.48 bits per heavy atom. The molecule has 1 aromatic carbocycles. The lowest BCUT2D eigenvalue weighted by molar-refractivity contribution is -0.141. The zero-order valence-corrected chi connectivity index (χ0v) is 11.3. The van der Waals surface area contributed by atoms with Crippen LogP contribution in [0, 0.1) is 0 Å². The Hall–Kier alpha value is -2.25. The molecule has 5 nitrogen and oxygen atoms in total. The van der Waals surface area contributed by atoms with Crippen LogP contribution < -0.4 is 10.6 Å². The number of esters is 1. The van der Waals surface area contributed by atoms with Crippen molar-refractivity contribution in [3.05, 3.63) is 35.4 Å². The Morgan fingerprint density at radius 1 is 1.19 bits per heavy atom. The summed E-state index contributed by atoms with van der Waals surface area (Å²) in [4.78, 5) is 22.4. The number of nitrogens with one attached hydrogen (secondary N) is 2. The number of benzene rings is 1. The fourth-order valence-electron chi connectivity index (χ4n) is 1.55. The predicted molar refractivity (Wildman–Crippen MR) is 68.3 cm³/mol. The van der Waals surface area contributed by atoms with Crippen molar-refractivity contribution in [3.63, 3.8) is 0 Å². The molecule has 1 aromatic rings. The highest BCUT2D eigenvalue weighted by atomic mass is 19.4. The minimum absolute atomic E-state index is 0.0590. The molecule has 0 saturated carbocycles. The maximum Gasteiger partial charge on any atom is 0.416 e. The molecule has 2 N–H and O–H groups in total. The maximum absolute atomic E-state index is 12.7. The maximum atomic E-state index is 12.7. The van der Waals surface area contributed by atoms with Gasteiger partial charge in [0.25, 0.3) is 0 Å². The third-order valence-corrected chi connectivity index (χ3v) is 2.46. The van der Waals surface area contributed by atoms with Crippen LogP contribution in [0.1, 0.15) is 18.1 Å². The number of alkyl halides is 3. The van der Waals surface area contributed by atoms with Gasteiger partial charge in [0.2, 0.25) is 0 Å². The van der Waals surface area contributed by atoms with Gasteiger partial charge in [-0.3, -0.25) is 4.79 Å². The van der Waals surface area contributed by atoms with Gasteiger partial charge in [-0.1, -0.05) is 18.2 Å². The van der Waals surface area contributed by atoms with Crippen LogP contribution in [0.2, 0.25) is 0 Å². The highest BCUT2D eigenvalue weighted by Crippen LogP contribution is 2.31. The summed E-state index contributed by atoms with van der Waals surface area (Å²) in [7, 11) is 0. The molecule has 0 aromatic heterocycles. The minimum atomic E-state index is -4.49. The first kappa shape index (κ1) is 16.8. The van der Waals surface area contributed by atoms with E-state index >= 15 is 0 Å². The van der Waals surface area contributed by atoms with Gasteiger partial charge in [0, 0.05) is 6.54 Å². The molecule has 0 aliphatic carbocycles. The van der Waals surface area contributed by atoms with E-state index in [0.717, 1.165) is 6.07 Å². The van der Waals surface area contributed by atoms with E-state index in [0.29, 0.717) is 0 Å². The Labute approximate surface area is 119 Å². The Morgan fingerprint density at radius 2 is 1.86 bits per heavy atom. The van der Waals surface area contributed by atoms with Gasteiger partial charge in [0.1, 0.15) is 6.54 Å².